The average molecular weight is 226 g/mol. The zero-order valence-corrected chi connectivity index (χ0v) is 10.4. The molecule has 0 aliphatic heterocycles. The lowest BCUT2D eigenvalue weighted by Gasteiger charge is -2.15. The molecule has 2 nitrogen and oxygen atoms in total. The molecule has 1 heterocycles. The number of hydrogen-bond acceptors (Lipinski definition) is 2. The summed E-state index contributed by atoms with van der Waals surface area (Å²) < 4.78 is 0. The van der Waals surface area contributed by atoms with Crippen LogP contribution in [0.1, 0.15) is 29.7 Å². The van der Waals surface area contributed by atoms with E-state index in [1.54, 1.807) is 0 Å². The van der Waals surface area contributed by atoms with E-state index in [-0.39, 0.29) is 0 Å². The topological polar surface area (TPSA) is 24.9 Å². The van der Waals surface area contributed by atoms with Gasteiger partial charge in [-0.05, 0) is 36.6 Å². The minimum atomic E-state index is 0.357. The highest BCUT2D eigenvalue weighted by atomic mass is 14.9. The molecule has 2 rings (SSSR count). The maximum absolute atomic E-state index is 4.16. The molecule has 1 N–H and O–H groups in total. The van der Waals surface area contributed by atoms with Gasteiger partial charge in [0.1, 0.15) is 0 Å². The van der Waals surface area contributed by atoms with E-state index in [1.165, 1.54) is 16.7 Å². The maximum Gasteiger partial charge on any atom is 0.0315 e. The molecule has 0 amide bonds. The fraction of sp³-hybridized carbons (Fsp3) is 0.267. The molecule has 1 atom stereocenters. The van der Waals surface area contributed by atoms with Crippen LogP contribution in [0.15, 0.2) is 48.8 Å². The summed E-state index contributed by atoms with van der Waals surface area (Å²) in [5, 5.41) is 3.52. The van der Waals surface area contributed by atoms with Gasteiger partial charge >= 0.3 is 0 Å². The first-order valence-electron chi connectivity index (χ1n) is 5.95. The lowest BCUT2D eigenvalue weighted by molar-refractivity contribution is 0.572. The zero-order chi connectivity index (χ0) is 12.1. The average Bonchev–Trinajstić information content (AvgIpc) is 2.38. The van der Waals surface area contributed by atoms with E-state index in [1.807, 2.05) is 24.5 Å². The maximum atomic E-state index is 4.16. The Morgan fingerprint density at radius 3 is 2.65 bits per heavy atom. The summed E-state index contributed by atoms with van der Waals surface area (Å²) in [4.78, 5) is 4.16. The molecule has 2 aromatic rings. The molecule has 1 aromatic heterocycles. The number of nitrogens with one attached hydrogen (secondary N) is 1. The van der Waals surface area contributed by atoms with Crippen LogP contribution in [0.4, 0.5) is 0 Å². The number of nitrogens with zero attached hydrogens (tertiary/aromatic N) is 1. The molecular formula is C15H18N2. The molecule has 2 heteroatoms. The standard InChI is InChI=1S/C15H18N2/c1-12-8-9-16-10-15(12)11-17-13(2)14-6-4-3-5-7-14/h3-10,13,17H,11H2,1-2H3. The third-order valence-corrected chi connectivity index (χ3v) is 3.05. The Morgan fingerprint density at radius 2 is 1.94 bits per heavy atom. The molecule has 0 spiro atoms. The second-order valence-corrected chi connectivity index (χ2v) is 4.32. The van der Waals surface area contributed by atoms with Crippen molar-refractivity contribution >= 4 is 0 Å². The Hall–Kier alpha value is -1.67. The first-order chi connectivity index (χ1) is 8.27. The Kier molecular flexibility index (Phi) is 3.89. The third kappa shape index (κ3) is 3.14. The molecule has 0 saturated carbocycles. The predicted octanol–water partition coefficient (Wildman–Crippen LogP) is 3.24. The highest BCUT2D eigenvalue weighted by molar-refractivity contribution is 5.22. The summed E-state index contributed by atoms with van der Waals surface area (Å²) in [5.74, 6) is 0. The summed E-state index contributed by atoms with van der Waals surface area (Å²) in [6.07, 6.45) is 3.76. The summed E-state index contributed by atoms with van der Waals surface area (Å²) in [6, 6.07) is 12.9. The molecule has 88 valence electrons. The molecule has 0 radical (unpaired) electrons. The van der Waals surface area contributed by atoms with Crippen LogP contribution in [0.2, 0.25) is 0 Å². The summed E-state index contributed by atoms with van der Waals surface area (Å²) in [6.45, 7) is 5.16. The Balaban J connectivity index is 1.97. The van der Waals surface area contributed by atoms with Gasteiger partial charge in [0, 0.05) is 25.0 Å². The number of hydrogen-bond donors (Lipinski definition) is 1. The van der Waals surface area contributed by atoms with E-state index in [9.17, 15) is 0 Å². The molecule has 0 bridgehead atoms. The predicted molar refractivity (Wildman–Crippen MR) is 70.7 cm³/mol. The van der Waals surface area contributed by atoms with E-state index >= 15 is 0 Å². The molecule has 0 saturated heterocycles. The van der Waals surface area contributed by atoms with Crippen LogP contribution in [0, 0.1) is 6.92 Å². The van der Waals surface area contributed by atoms with Gasteiger partial charge in [0.25, 0.3) is 0 Å². The lowest BCUT2D eigenvalue weighted by Crippen LogP contribution is -2.18. The molecular weight excluding hydrogens is 208 g/mol. The van der Waals surface area contributed by atoms with Crippen molar-refractivity contribution in [3.63, 3.8) is 0 Å². The number of rotatable bonds is 4. The minimum Gasteiger partial charge on any atom is -0.306 e. The van der Waals surface area contributed by atoms with Crippen LogP contribution in [0.25, 0.3) is 0 Å². The second-order valence-electron chi connectivity index (χ2n) is 4.32. The normalized spacial score (nSPS) is 12.4. The fourth-order valence-corrected chi connectivity index (χ4v) is 1.80. The summed E-state index contributed by atoms with van der Waals surface area (Å²) in [7, 11) is 0. The van der Waals surface area contributed by atoms with Crippen LogP contribution < -0.4 is 5.32 Å². The van der Waals surface area contributed by atoms with Crippen molar-refractivity contribution < 1.29 is 0 Å². The highest BCUT2D eigenvalue weighted by Crippen LogP contribution is 2.13. The van der Waals surface area contributed by atoms with Gasteiger partial charge in [-0.25, -0.2) is 0 Å². The van der Waals surface area contributed by atoms with Crippen LogP contribution >= 0.6 is 0 Å². The Labute approximate surface area is 103 Å². The first kappa shape index (κ1) is 11.8. The van der Waals surface area contributed by atoms with Crippen LogP contribution in [-0.2, 0) is 6.54 Å². The summed E-state index contributed by atoms with van der Waals surface area (Å²) in [5.41, 5.74) is 3.86. The number of pyridine rings is 1. The fourth-order valence-electron chi connectivity index (χ4n) is 1.80. The molecule has 0 aliphatic carbocycles. The number of benzene rings is 1. The quantitative estimate of drug-likeness (QED) is 0.865. The second kappa shape index (κ2) is 5.60. The highest BCUT2D eigenvalue weighted by Gasteiger charge is 2.04. The van der Waals surface area contributed by atoms with Crippen molar-refractivity contribution in [2.45, 2.75) is 26.4 Å². The van der Waals surface area contributed by atoms with Crippen LogP contribution in [-0.4, -0.2) is 4.98 Å². The van der Waals surface area contributed by atoms with Gasteiger partial charge in [0.05, 0.1) is 0 Å². The molecule has 17 heavy (non-hydrogen) atoms. The van der Waals surface area contributed by atoms with Gasteiger partial charge in [-0.2, -0.15) is 0 Å². The Morgan fingerprint density at radius 1 is 1.18 bits per heavy atom. The third-order valence-electron chi connectivity index (χ3n) is 3.05. The molecule has 1 unspecified atom stereocenters. The Bertz CT molecular complexity index is 465. The molecule has 0 aliphatic rings. The van der Waals surface area contributed by atoms with Gasteiger partial charge in [-0.15, -0.1) is 0 Å². The monoisotopic (exact) mass is 226 g/mol. The van der Waals surface area contributed by atoms with Gasteiger partial charge in [0.2, 0.25) is 0 Å². The van der Waals surface area contributed by atoms with Crippen LogP contribution in [0.3, 0.4) is 0 Å². The van der Waals surface area contributed by atoms with E-state index < -0.39 is 0 Å². The number of aryl methyl sites for hydroxylation is 1. The van der Waals surface area contributed by atoms with Crippen molar-refractivity contribution in [1.29, 1.82) is 0 Å². The van der Waals surface area contributed by atoms with Gasteiger partial charge in [-0.3, -0.25) is 4.98 Å². The van der Waals surface area contributed by atoms with E-state index in [0.29, 0.717) is 6.04 Å². The lowest BCUT2D eigenvalue weighted by atomic mass is 10.1. The van der Waals surface area contributed by atoms with E-state index in [4.69, 9.17) is 0 Å². The summed E-state index contributed by atoms with van der Waals surface area (Å²) >= 11 is 0. The van der Waals surface area contributed by atoms with E-state index in [0.717, 1.165) is 6.54 Å². The van der Waals surface area contributed by atoms with Crippen molar-refractivity contribution in [2.75, 3.05) is 0 Å². The van der Waals surface area contributed by atoms with Gasteiger partial charge in [-0.1, -0.05) is 30.3 Å². The molecule has 1 aromatic carbocycles. The van der Waals surface area contributed by atoms with Gasteiger partial charge in [0.15, 0.2) is 0 Å². The first-order valence-corrected chi connectivity index (χ1v) is 5.95. The largest absolute Gasteiger partial charge is 0.306 e. The molecule has 0 fully saturated rings. The van der Waals surface area contributed by atoms with Crippen molar-refractivity contribution in [1.82, 2.24) is 10.3 Å². The van der Waals surface area contributed by atoms with Crippen molar-refractivity contribution in [3.05, 3.63) is 65.5 Å². The van der Waals surface area contributed by atoms with Crippen molar-refractivity contribution in [3.8, 4) is 0 Å². The van der Waals surface area contributed by atoms with Gasteiger partial charge < -0.3 is 5.32 Å². The van der Waals surface area contributed by atoms with Crippen molar-refractivity contribution in [2.24, 2.45) is 0 Å². The smallest absolute Gasteiger partial charge is 0.0315 e. The van der Waals surface area contributed by atoms with E-state index in [2.05, 4.69) is 48.4 Å². The SMILES string of the molecule is Cc1ccncc1CNC(C)c1ccccc1. The number of aromatic nitrogens is 1. The van der Waals surface area contributed by atoms with Crippen LogP contribution in [0.5, 0.6) is 0 Å². The minimum absolute atomic E-state index is 0.357. The zero-order valence-electron chi connectivity index (χ0n) is 10.4.